The number of likely N-dealkylation sites (tertiary alicyclic amines) is 1. The fourth-order valence-corrected chi connectivity index (χ4v) is 5.65. The van der Waals surface area contributed by atoms with Crippen molar-refractivity contribution < 1.29 is 0 Å². The van der Waals surface area contributed by atoms with Crippen molar-refractivity contribution in [3.63, 3.8) is 0 Å². The molecule has 3 aliphatic rings. The lowest BCUT2D eigenvalue weighted by molar-refractivity contribution is 0.242. The summed E-state index contributed by atoms with van der Waals surface area (Å²) in [5, 5.41) is 3.67. The summed E-state index contributed by atoms with van der Waals surface area (Å²) >= 11 is 0. The zero-order valence-electron chi connectivity index (χ0n) is 24.8. The molecule has 2 aliphatic heterocycles. The van der Waals surface area contributed by atoms with Crippen molar-refractivity contribution in [2.45, 2.75) is 79.2 Å². The van der Waals surface area contributed by atoms with Crippen molar-refractivity contribution in [1.29, 1.82) is 0 Å². The van der Waals surface area contributed by atoms with Gasteiger partial charge in [0.1, 0.15) is 0 Å². The first-order chi connectivity index (χ1) is 18.8. The smallest absolute Gasteiger partial charge is 0.0437 e. The monoisotopic (exact) mass is 521 g/mol. The van der Waals surface area contributed by atoms with E-state index < -0.39 is 0 Å². The van der Waals surface area contributed by atoms with Gasteiger partial charge in [0.25, 0.3) is 0 Å². The van der Waals surface area contributed by atoms with E-state index in [1.807, 2.05) is 0 Å². The van der Waals surface area contributed by atoms with Crippen LogP contribution in [0, 0.1) is 6.92 Å². The molecular formula is C36H47N3. The molecule has 1 aromatic rings. The van der Waals surface area contributed by atoms with Crippen molar-refractivity contribution in [2.24, 2.45) is 0 Å². The van der Waals surface area contributed by atoms with E-state index in [0.717, 1.165) is 30.9 Å². The Balaban J connectivity index is 1.52. The average Bonchev–Trinajstić information content (AvgIpc) is 2.90. The third-order valence-corrected chi connectivity index (χ3v) is 8.34. The van der Waals surface area contributed by atoms with Crippen LogP contribution in [0.25, 0.3) is 6.08 Å². The summed E-state index contributed by atoms with van der Waals surface area (Å²) in [5.41, 5.74) is 12.7. The van der Waals surface area contributed by atoms with Crippen molar-refractivity contribution in [3.8, 4) is 0 Å². The van der Waals surface area contributed by atoms with Crippen molar-refractivity contribution in [3.05, 3.63) is 124 Å². The Labute approximate surface area is 237 Å². The standard InChI is InChI=1S/C36H47N3/c1-8-9-15-28(4)37-35-19-13-21-38(25-35)36(32-17-12-18-32)34-20-22-39(29(5)24-34)31(7)30(6)27(3)23-33-16-11-10-14-26(33)2/h9-11,14-16,20,22-24,35,37H,4-5,8,12-13,17-19,21,25H2,1-3,6-7H3/b15-9+,27-23+,31-30+. The van der Waals surface area contributed by atoms with Crippen LogP contribution in [-0.4, -0.2) is 28.9 Å². The molecule has 39 heavy (non-hydrogen) atoms. The number of rotatable bonds is 9. The van der Waals surface area contributed by atoms with Gasteiger partial charge >= 0.3 is 0 Å². The van der Waals surface area contributed by atoms with Gasteiger partial charge in [0.15, 0.2) is 0 Å². The van der Waals surface area contributed by atoms with Gasteiger partial charge in [-0.3, -0.25) is 0 Å². The van der Waals surface area contributed by atoms with E-state index in [9.17, 15) is 0 Å². The van der Waals surface area contributed by atoms with Gasteiger partial charge in [-0.1, -0.05) is 56.5 Å². The van der Waals surface area contributed by atoms with Crippen LogP contribution in [0.1, 0.15) is 77.3 Å². The number of nitrogens with zero attached hydrogens (tertiary/aromatic N) is 2. The molecule has 2 fully saturated rings. The Kier molecular flexibility index (Phi) is 9.56. The van der Waals surface area contributed by atoms with Crippen LogP contribution in [0.3, 0.4) is 0 Å². The molecule has 1 aliphatic carbocycles. The molecule has 206 valence electrons. The average molecular weight is 522 g/mol. The van der Waals surface area contributed by atoms with E-state index >= 15 is 0 Å². The number of hydrogen-bond acceptors (Lipinski definition) is 3. The van der Waals surface area contributed by atoms with Crippen LogP contribution >= 0.6 is 0 Å². The largest absolute Gasteiger partial charge is 0.381 e. The number of benzene rings is 1. The number of piperidine rings is 1. The Bertz CT molecular complexity index is 1270. The third kappa shape index (κ3) is 6.95. The normalized spacial score (nSPS) is 20.6. The Morgan fingerprint density at radius 2 is 1.90 bits per heavy atom. The molecule has 3 heteroatoms. The molecule has 0 amide bonds. The molecule has 0 radical (unpaired) electrons. The van der Waals surface area contributed by atoms with E-state index in [1.165, 1.54) is 71.3 Å². The van der Waals surface area contributed by atoms with Crippen LogP contribution in [0.4, 0.5) is 0 Å². The first-order valence-corrected chi connectivity index (χ1v) is 14.7. The lowest BCUT2D eigenvalue weighted by Crippen LogP contribution is -2.45. The summed E-state index contributed by atoms with van der Waals surface area (Å²) in [5.74, 6) is 0. The van der Waals surface area contributed by atoms with E-state index in [-0.39, 0.29) is 0 Å². The number of aryl methyl sites for hydroxylation is 1. The second kappa shape index (κ2) is 13.1. The van der Waals surface area contributed by atoms with Gasteiger partial charge in [-0.05, 0) is 112 Å². The van der Waals surface area contributed by atoms with Gasteiger partial charge in [-0.2, -0.15) is 0 Å². The first-order valence-electron chi connectivity index (χ1n) is 14.7. The highest BCUT2D eigenvalue weighted by molar-refractivity contribution is 5.61. The summed E-state index contributed by atoms with van der Waals surface area (Å²) in [7, 11) is 0. The maximum absolute atomic E-state index is 4.49. The topological polar surface area (TPSA) is 18.5 Å². The molecule has 1 atom stereocenters. The van der Waals surface area contributed by atoms with E-state index in [4.69, 9.17) is 0 Å². The zero-order valence-corrected chi connectivity index (χ0v) is 24.8. The maximum atomic E-state index is 4.49. The summed E-state index contributed by atoms with van der Waals surface area (Å²) in [6.07, 6.45) is 20.5. The lowest BCUT2D eigenvalue weighted by Gasteiger charge is -2.40. The lowest BCUT2D eigenvalue weighted by atomic mass is 9.86. The van der Waals surface area contributed by atoms with E-state index in [1.54, 1.807) is 5.57 Å². The molecule has 1 saturated heterocycles. The molecule has 3 nitrogen and oxygen atoms in total. The van der Waals surface area contributed by atoms with Crippen LogP contribution in [0.5, 0.6) is 0 Å². The Hall–Kier alpha value is -3.46. The van der Waals surface area contributed by atoms with Crippen molar-refractivity contribution >= 4 is 6.08 Å². The van der Waals surface area contributed by atoms with Gasteiger partial charge < -0.3 is 15.1 Å². The SMILES string of the molecule is C=C(/C=C/CC)NC1CCCN(C(C2=CC(=C)N(/C(C)=C(C)/C(C)=C/c3ccccc3C)C=C2)=C2CCC2)C1. The molecule has 0 bridgehead atoms. The Morgan fingerprint density at radius 3 is 2.56 bits per heavy atom. The number of nitrogens with one attached hydrogen (secondary N) is 1. The van der Waals surface area contributed by atoms with Gasteiger partial charge in [-0.25, -0.2) is 0 Å². The maximum Gasteiger partial charge on any atom is 0.0437 e. The number of allylic oxidation sites excluding steroid dienone is 8. The zero-order chi connectivity index (χ0) is 27.9. The molecule has 1 N–H and O–H groups in total. The minimum atomic E-state index is 0.423. The molecule has 1 saturated carbocycles. The van der Waals surface area contributed by atoms with Crippen molar-refractivity contribution in [2.75, 3.05) is 13.1 Å². The molecule has 1 unspecified atom stereocenters. The summed E-state index contributed by atoms with van der Waals surface area (Å²) in [6.45, 7) is 21.8. The van der Waals surface area contributed by atoms with Crippen molar-refractivity contribution in [1.82, 2.24) is 15.1 Å². The minimum Gasteiger partial charge on any atom is -0.381 e. The fraction of sp³-hybridized carbons (Fsp3) is 0.389. The third-order valence-electron chi connectivity index (χ3n) is 8.34. The van der Waals surface area contributed by atoms with Crippen LogP contribution in [0.15, 0.2) is 113 Å². The van der Waals surface area contributed by atoms with Gasteiger partial charge in [0, 0.05) is 53.7 Å². The highest BCUT2D eigenvalue weighted by Gasteiger charge is 2.28. The van der Waals surface area contributed by atoms with Gasteiger partial charge in [-0.15, -0.1) is 0 Å². The minimum absolute atomic E-state index is 0.423. The highest BCUT2D eigenvalue weighted by atomic mass is 15.2. The molecular weight excluding hydrogens is 474 g/mol. The fourth-order valence-electron chi connectivity index (χ4n) is 5.65. The van der Waals surface area contributed by atoms with Gasteiger partial charge in [0.05, 0.1) is 0 Å². The second-order valence-electron chi connectivity index (χ2n) is 11.2. The molecule has 0 spiro atoms. The summed E-state index contributed by atoms with van der Waals surface area (Å²) in [6, 6.07) is 8.98. The second-order valence-corrected chi connectivity index (χ2v) is 11.2. The summed E-state index contributed by atoms with van der Waals surface area (Å²) < 4.78 is 0. The molecule has 0 aromatic heterocycles. The van der Waals surface area contributed by atoms with Crippen LogP contribution < -0.4 is 5.32 Å². The molecule has 2 heterocycles. The highest BCUT2D eigenvalue weighted by Crippen LogP contribution is 2.38. The Morgan fingerprint density at radius 1 is 1.13 bits per heavy atom. The molecule has 4 rings (SSSR count). The summed E-state index contributed by atoms with van der Waals surface area (Å²) in [4.78, 5) is 4.86. The van der Waals surface area contributed by atoms with Crippen LogP contribution in [-0.2, 0) is 0 Å². The van der Waals surface area contributed by atoms with Gasteiger partial charge in [0.2, 0.25) is 0 Å². The molecule has 1 aromatic carbocycles. The van der Waals surface area contributed by atoms with E-state index in [0.29, 0.717) is 6.04 Å². The quantitative estimate of drug-likeness (QED) is 0.327. The predicted octanol–water partition coefficient (Wildman–Crippen LogP) is 8.93. The van der Waals surface area contributed by atoms with E-state index in [2.05, 4.69) is 124 Å². The van der Waals surface area contributed by atoms with Crippen LogP contribution in [0.2, 0.25) is 0 Å². The first kappa shape index (κ1) is 28.5. The predicted molar refractivity (Wildman–Crippen MR) is 169 cm³/mol. The number of hydrogen-bond donors (Lipinski definition) is 1.